The number of ether oxygens (including phenoxy) is 1. The number of para-hydroxylation sites is 1. The minimum atomic E-state index is -4.36. The van der Waals surface area contributed by atoms with Crippen molar-refractivity contribution in [1.29, 1.82) is 0 Å². The van der Waals surface area contributed by atoms with Gasteiger partial charge in [0.15, 0.2) is 12.6 Å². The number of hydrogen-bond donors (Lipinski definition) is 1. The molecule has 1 aromatic carbocycles. The van der Waals surface area contributed by atoms with E-state index < -0.39 is 12.8 Å². The molecule has 0 unspecified atom stereocenters. The van der Waals surface area contributed by atoms with Gasteiger partial charge < -0.3 is 15.4 Å². The summed E-state index contributed by atoms with van der Waals surface area (Å²) in [5.74, 6) is 0.634. The molecular weight excluding hydrogens is 434 g/mol. The molecule has 1 aromatic rings. The van der Waals surface area contributed by atoms with Gasteiger partial charge in [0.1, 0.15) is 5.75 Å². The molecule has 0 radical (unpaired) electrons. The first-order valence-corrected chi connectivity index (χ1v) is 7.78. The largest absolute Gasteiger partial charge is 0.484 e. The standard InChI is InChI=1S/C16H22F3N3O.HI/c17-16(18,19)12-23-14-8-4-3-7-13(14)11-21-15(20)22-9-5-1-2-6-10-22;/h3-4,7-8H,1-2,5-6,9-12H2,(H2,20,21);1H. The highest BCUT2D eigenvalue weighted by molar-refractivity contribution is 14.0. The Bertz CT molecular complexity index is 530. The number of nitrogens with two attached hydrogens (primary N) is 1. The second-order valence-corrected chi connectivity index (χ2v) is 5.59. The van der Waals surface area contributed by atoms with Gasteiger partial charge in [0.05, 0.1) is 6.54 Å². The molecule has 24 heavy (non-hydrogen) atoms. The molecule has 0 saturated carbocycles. The van der Waals surface area contributed by atoms with Crippen molar-refractivity contribution in [2.45, 2.75) is 38.4 Å². The summed E-state index contributed by atoms with van der Waals surface area (Å²) in [7, 11) is 0. The molecule has 1 heterocycles. The summed E-state index contributed by atoms with van der Waals surface area (Å²) in [5.41, 5.74) is 6.61. The lowest BCUT2D eigenvalue weighted by molar-refractivity contribution is -0.153. The summed E-state index contributed by atoms with van der Waals surface area (Å²) in [6.45, 7) is 0.648. The van der Waals surface area contributed by atoms with E-state index in [-0.39, 0.29) is 36.3 Å². The zero-order valence-electron chi connectivity index (χ0n) is 13.4. The quantitative estimate of drug-likeness (QED) is 0.424. The Morgan fingerprint density at radius 2 is 1.75 bits per heavy atom. The smallest absolute Gasteiger partial charge is 0.422 e. The van der Waals surface area contributed by atoms with E-state index in [9.17, 15) is 13.2 Å². The molecule has 0 aliphatic carbocycles. The molecule has 2 rings (SSSR count). The fraction of sp³-hybridized carbons (Fsp3) is 0.562. The second-order valence-electron chi connectivity index (χ2n) is 5.59. The Hall–Kier alpha value is -1.19. The van der Waals surface area contributed by atoms with Crippen LogP contribution in [0.25, 0.3) is 0 Å². The Kier molecular flexibility index (Phi) is 8.65. The third-order valence-corrected chi connectivity index (χ3v) is 3.71. The Labute approximate surface area is 157 Å². The van der Waals surface area contributed by atoms with Crippen LogP contribution in [0.4, 0.5) is 13.2 Å². The molecule has 136 valence electrons. The number of guanidine groups is 1. The van der Waals surface area contributed by atoms with Gasteiger partial charge in [-0.05, 0) is 18.9 Å². The third kappa shape index (κ3) is 7.14. The summed E-state index contributed by atoms with van der Waals surface area (Å²) in [6, 6.07) is 6.59. The summed E-state index contributed by atoms with van der Waals surface area (Å²) >= 11 is 0. The minimum absolute atomic E-state index is 0. The van der Waals surface area contributed by atoms with Crippen LogP contribution in [0, 0.1) is 0 Å². The van der Waals surface area contributed by atoms with Crippen LogP contribution in [0.1, 0.15) is 31.2 Å². The fourth-order valence-corrected chi connectivity index (χ4v) is 2.50. The molecule has 4 nitrogen and oxygen atoms in total. The van der Waals surface area contributed by atoms with E-state index in [1.54, 1.807) is 18.2 Å². The topological polar surface area (TPSA) is 50.9 Å². The van der Waals surface area contributed by atoms with Gasteiger partial charge in [-0.2, -0.15) is 13.2 Å². The molecule has 0 amide bonds. The van der Waals surface area contributed by atoms with Crippen LogP contribution >= 0.6 is 24.0 Å². The summed E-state index contributed by atoms with van der Waals surface area (Å²) in [4.78, 5) is 6.36. The molecule has 1 aliphatic rings. The maximum absolute atomic E-state index is 12.3. The lowest BCUT2D eigenvalue weighted by atomic mass is 10.2. The molecule has 8 heteroatoms. The van der Waals surface area contributed by atoms with Gasteiger partial charge in [-0.3, -0.25) is 0 Å². The minimum Gasteiger partial charge on any atom is -0.484 e. The SMILES string of the molecule is I.NC(=NCc1ccccc1OCC(F)(F)F)N1CCCCCC1. The maximum atomic E-state index is 12.3. The number of halogens is 4. The van der Waals surface area contributed by atoms with Crippen molar-refractivity contribution >= 4 is 29.9 Å². The van der Waals surface area contributed by atoms with Crippen molar-refractivity contribution in [2.75, 3.05) is 19.7 Å². The van der Waals surface area contributed by atoms with Crippen LogP contribution < -0.4 is 10.5 Å². The fourth-order valence-electron chi connectivity index (χ4n) is 2.50. The van der Waals surface area contributed by atoms with Gasteiger partial charge >= 0.3 is 6.18 Å². The van der Waals surface area contributed by atoms with E-state index in [0.717, 1.165) is 25.9 Å². The predicted molar refractivity (Wildman–Crippen MR) is 98.8 cm³/mol. The third-order valence-electron chi connectivity index (χ3n) is 3.71. The van der Waals surface area contributed by atoms with E-state index in [0.29, 0.717) is 11.5 Å². The molecule has 1 aliphatic heterocycles. The van der Waals surface area contributed by atoms with Crippen molar-refractivity contribution in [2.24, 2.45) is 10.7 Å². The Balaban J connectivity index is 0.00000288. The van der Waals surface area contributed by atoms with Gasteiger partial charge in [0, 0.05) is 18.7 Å². The predicted octanol–water partition coefficient (Wildman–Crippen LogP) is 3.94. The van der Waals surface area contributed by atoms with Crippen LogP contribution in [-0.4, -0.2) is 36.7 Å². The average molecular weight is 457 g/mol. The summed E-state index contributed by atoms with van der Waals surface area (Å²) in [6.07, 6.45) is 0.195. The van der Waals surface area contributed by atoms with Crippen LogP contribution in [0.3, 0.4) is 0 Å². The first-order chi connectivity index (χ1) is 11.0. The number of hydrogen-bond acceptors (Lipinski definition) is 2. The second kappa shape index (κ2) is 9.95. The summed E-state index contributed by atoms with van der Waals surface area (Å²) in [5, 5.41) is 0. The zero-order valence-corrected chi connectivity index (χ0v) is 15.7. The van der Waals surface area contributed by atoms with Gasteiger partial charge in [0.25, 0.3) is 0 Å². The van der Waals surface area contributed by atoms with Gasteiger partial charge in [0.2, 0.25) is 0 Å². The van der Waals surface area contributed by atoms with E-state index in [4.69, 9.17) is 10.5 Å². The maximum Gasteiger partial charge on any atom is 0.422 e. The van der Waals surface area contributed by atoms with Crippen LogP contribution in [0.15, 0.2) is 29.3 Å². The number of nitrogens with zero attached hydrogens (tertiary/aromatic N) is 2. The molecule has 1 fully saturated rings. The number of likely N-dealkylation sites (tertiary alicyclic amines) is 1. The van der Waals surface area contributed by atoms with Gasteiger partial charge in [-0.15, -0.1) is 24.0 Å². The van der Waals surface area contributed by atoms with Crippen molar-refractivity contribution in [3.05, 3.63) is 29.8 Å². The lowest BCUT2D eigenvalue weighted by Gasteiger charge is -2.21. The molecule has 0 aromatic heterocycles. The highest BCUT2D eigenvalue weighted by Gasteiger charge is 2.28. The molecule has 0 bridgehead atoms. The first-order valence-electron chi connectivity index (χ1n) is 7.78. The van der Waals surface area contributed by atoms with E-state index >= 15 is 0 Å². The van der Waals surface area contributed by atoms with Crippen molar-refractivity contribution < 1.29 is 17.9 Å². The Morgan fingerprint density at radius 3 is 2.38 bits per heavy atom. The van der Waals surface area contributed by atoms with E-state index in [1.807, 2.05) is 4.90 Å². The van der Waals surface area contributed by atoms with Crippen molar-refractivity contribution in [1.82, 2.24) is 4.90 Å². The van der Waals surface area contributed by atoms with Crippen molar-refractivity contribution in [3.8, 4) is 5.75 Å². The molecular formula is C16H23F3IN3O. The summed E-state index contributed by atoms with van der Waals surface area (Å²) < 4.78 is 41.7. The molecule has 0 spiro atoms. The highest BCUT2D eigenvalue weighted by atomic mass is 127. The van der Waals surface area contributed by atoms with Gasteiger partial charge in [-0.25, -0.2) is 4.99 Å². The van der Waals surface area contributed by atoms with E-state index in [1.165, 1.54) is 18.9 Å². The number of aliphatic imine (C=N–C) groups is 1. The zero-order chi connectivity index (χ0) is 16.7. The monoisotopic (exact) mass is 457 g/mol. The Morgan fingerprint density at radius 1 is 1.12 bits per heavy atom. The molecule has 1 saturated heterocycles. The van der Waals surface area contributed by atoms with Crippen molar-refractivity contribution in [3.63, 3.8) is 0 Å². The van der Waals surface area contributed by atoms with Gasteiger partial charge in [-0.1, -0.05) is 31.0 Å². The van der Waals surface area contributed by atoms with Crippen LogP contribution in [-0.2, 0) is 6.54 Å². The molecule has 2 N–H and O–H groups in total. The first kappa shape index (κ1) is 20.9. The van der Waals surface area contributed by atoms with E-state index in [2.05, 4.69) is 4.99 Å². The normalized spacial score (nSPS) is 16.3. The number of rotatable bonds is 4. The number of alkyl halides is 3. The highest BCUT2D eigenvalue weighted by Crippen LogP contribution is 2.22. The number of benzene rings is 1. The average Bonchev–Trinajstić information content (AvgIpc) is 2.80. The molecule has 0 atom stereocenters. The van der Waals surface area contributed by atoms with Crippen LogP contribution in [0.2, 0.25) is 0 Å². The van der Waals surface area contributed by atoms with Crippen LogP contribution in [0.5, 0.6) is 5.75 Å². The lowest BCUT2D eigenvalue weighted by Crippen LogP contribution is -2.38.